The second-order valence-corrected chi connectivity index (χ2v) is 5.73. The van der Waals surface area contributed by atoms with Crippen molar-refractivity contribution in [1.82, 2.24) is 4.90 Å². The topological polar surface area (TPSA) is 40.5 Å². The van der Waals surface area contributed by atoms with Gasteiger partial charge in [0.15, 0.2) is 0 Å². The molecule has 2 aliphatic rings. The standard InChI is InChI=1S/C13H23NO2/c1-9(2)10-6-7-14(8-10)12-5-3-4-11(12)13(15)16/h9-12H,3-8H2,1-2H3,(H,15,16). The predicted molar refractivity (Wildman–Crippen MR) is 63.3 cm³/mol. The first-order chi connectivity index (χ1) is 7.59. The molecule has 1 heterocycles. The van der Waals surface area contributed by atoms with Crippen LogP contribution in [0, 0.1) is 17.8 Å². The van der Waals surface area contributed by atoms with Crippen LogP contribution in [0.4, 0.5) is 0 Å². The minimum atomic E-state index is -0.588. The molecule has 0 radical (unpaired) electrons. The number of carboxylic acids is 1. The van der Waals surface area contributed by atoms with Crippen LogP contribution in [-0.2, 0) is 4.79 Å². The number of aliphatic carboxylic acids is 1. The van der Waals surface area contributed by atoms with Crippen molar-refractivity contribution >= 4 is 5.97 Å². The van der Waals surface area contributed by atoms with Crippen LogP contribution in [0.1, 0.15) is 39.5 Å². The molecule has 0 aromatic carbocycles. The first-order valence-corrected chi connectivity index (χ1v) is 6.56. The Bertz CT molecular complexity index is 265. The van der Waals surface area contributed by atoms with E-state index in [9.17, 15) is 9.90 Å². The molecule has 1 aliphatic heterocycles. The highest BCUT2D eigenvalue weighted by Gasteiger charge is 2.39. The number of rotatable bonds is 3. The van der Waals surface area contributed by atoms with Crippen LogP contribution in [0.25, 0.3) is 0 Å². The van der Waals surface area contributed by atoms with Crippen LogP contribution in [-0.4, -0.2) is 35.1 Å². The Kier molecular flexibility index (Phi) is 3.53. The van der Waals surface area contributed by atoms with E-state index >= 15 is 0 Å². The van der Waals surface area contributed by atoms with Gasteiger partial charge in [-0.15, -0.1) is 0 Å². The lowest BCUT2D eigenvalue weighted by molar-refractivity contribution is -0.143. The number of carbonyl (C=O) groups is 1. The summed E-state index contributed by atoms with van der Waals surface area (Å²) in [7, 11) is 0. The zero-order valence-corrected chi connectivity index (χ0v) is 10.4. The van der Waals surface area contributed by atoms with Crippen LogP contribution in [0.3, 0.4) is 0 Å². The number of carboxylic acid groups (broad SMARTS) is 1. The highest BCUT2D eigenvalue weighted by Crippen LogP contribution is 2.34. The van der Waals surface area contributed by atoms with Gasteiger partial charge in [0.1, 0.15) is 0 Å². The first kappa shape index (κ1) is 11.9. The molecule has 1 saturated carbocycles. The Morgan fingerprint density at radius 3 is 2.62 bits per heavy atom. The van der Waals surface area contributed by atoms with Crippen LogP contribution < -0.4 is 0 Å². The van der Waals surface area contributed by atoms with E-state index in [1.807, 2.05) is 0 Å². The maximum absolute atomic E-state index is 11.2. The van der Waals surface area contributed by atoms with Crippen molar-refractivity contribution in [3.05, 3.63) is 0 Å². The molecule has 3 heteroatoms. The van der Waals surface area contributed by atoms with Gasteiger partial charge in [0.25, 0.3) is 0 Å². The molecular weight excluding hydrogens is 202 g/mol. The van der Waals surface area contributed by atoms with Crippen molar-refractivity contribution in [1.29, 1.82) is 0 Å². The Labute approximate surface area is 97.8 Å². The Hall–Kier alpha value is -0.570. The molecule has 2 fully saturated rings. The van der Waals surface area contributed by atoms with Gasteiger partial charge in [-0.05, 0) is 37.6 Å². The fraction of sp³-hybridized carbons (Fsp3) is 0.923. The smallest absolute Gasteiger partial charge is 0.308 e. The van der Waals surface area contributed by atoms with Gasteiger partial charge in [-0.2, -0.15) is 0 Å². The van der Waals surface area contributed by atoms with Gasteiger partial charge >= 0.3 is 5.97 Å². The third-order valence-electron chi connectivity index (χ3n) is 4.46. The van der Waals surface area contributed by atoms with Crippen molar-refractivity contribution in [3.8, 4) is 0 Å². The third-order valence-corrected chi connectivity index (χ3v) is 4.46. The Morgan fingerprint density at radius 2 is 2.06 bits per heavy atom. The average Bonchev–Trinajstić information content (AvgIpc) is 2.86. The maximum atomic E-state index is 11.2. The molecule has 1 aliphatic carbocycles. The summed E-state index contributed by atoms with van der Waals surface area (Å²) < 4.78 is 0. The molecule has 0 aromatic rings. The van der Waals surface area contributed by atoms with Crippen LogP contribution in [0.2, 0.25) is 0 Å². The highest BCUT2D eigenvalue weighted by atomic mass is 16.4. The fourth-order valence-electron chi connectivity index (χ4n) is 3.33. The summed E-state index contributed by atoms with van der Waals surface area (Å²) >= 11 is 0. The van der Waals surface area contributed by atoms with Crippen molar-refractivity contribution in [2.45, 2.75) is 45.6 Å². The van der Waals surface area contributed by atoms with E-state index < -0.39 is 5.97 Å². The van der Waals surface area contributed by atoms with Gasteiger partial charge in [-0.3, -0.25) is 9.69 Å². The minimum Gasteiger partial charge on any atom is -0.481 e. The fourth-order valence-corrected chi connectivity index (χ4v) is 3.33. The van der Waals surface area contributed by atoms with Gasteiger partial charge in [-0.25, -0.2) is 0 Å². The van der Waals surface area contributed by atoms with E-state index in [2.05, 4.69) is 18.7 Å². The highest BCUT2D eigenvalue weighted by molar-refractivity contribution is 5.71. The van der Waals surface area contributed by atoms with Gasteiger partial charge in [0.2, 0.25) is 0 Å². The molecule has 0 aromatic heterocycles. The number of likely N-dealkylation sites (tertiary alicyclic amines) is 1. The lowest BCUT2D eigenvalue weighted by atomic mass is 9.95. The molecule has 0 amide bonds. The van der Waals surface area contributed by atoms with E-state index in [0.717, 1.165) is 44.2 Å². The van der Waals surface area contributed by atoms with Gasteiger partial charge in [-0.1, -0.05) is 20.3 Å². The van der Waals surface area contributed by atoms with Crippen molar-refractivity contribution in [2.24, 2.45) is 17.8 Å². The van der Waals surface area contributed by atoms with Gasteiger partial charge in [0, 0.05) is 12.6 Å². The molecule has 3 atom stereocenters. The van der Waals surface area contributed by atoms with Gasteiger partial charge < -0.3 is 5.11 Å². The Balaban J connectivity index is 1.96. The van der Waals surface area contributed by atoms with E-state index in [-0.39, 0.29) is 5.92 Å². The molecule has 3 unspecified atom stereocenters. The largest absolute Gasteiger partial charge is 0.481 e. The lowest BCUT2D eigenvalue weighted by Gasteiger charge is -2.27. The lowest BCUT2D eigenvalue weighted by Crippen LogP contribution is -2.39. The monoisotopic (exact) mass is 225 g/mol. The quantitative estimate of drug-likeness (QED) is 0.800. The zero-order valence-electron chi connectivity index (χ0n) is 10.4. The number of hydrogen-bond donors (Lipinski definition) is 1. The summed E-state index contributed by atoms with van der Waals surface area (Å²) in [6, 6.07) is 0.321. The van der Waals surface area contributed by atoms with E-state index in [1.165, 1.54) is 6.42 Å². The minimum absolute atomic E-state index is 0.106. The molecule has 2 rings (SSSR count). The molecule has 0 bridgehead atoms. The molecule has 16 heavy (non-hydrogen) atoms. The molecule has 3 nitrogen and oxygen atoms in total. The first-order valence-electron chi connectivity index (χ1n) is 6.56. The SMILES string of the molecule is CC(C)C1CCN(C2CCCC2C(=O)O)C1. The van der Waals surface area contributed by atoms with Crippen LogP contribution >= 0.6 is 0 Å². The van der Waals surface area contributed by atoms with E-state index in [1.54, 1.807) is 0 Å². The number of hydrogen-bond acceptors (Lipinski definition) is 2. The van der Waals surface area contributed by atoms with E-state index in [0.29, 0.717) is 6.04 Å². The average molecular weight is 225 g/mol. The summed E-state index contributed by atoms with van der Waals surface area (Å²) in [6.07, 6.45) is 4.30. The molecule has 92 valence electrons. The molecule has 0 spiro atoms. The second kappa shape index (κ2) is 4.74. The maximum Gasteiger partial charge on any atom is 0.308 e. The predicted octanol–water partition coefficient (Wildman–Crippen LogP) is 2.22. The molecular formula is C13H23NO2. The van der Waals surface area contributed by atoms with Gasteiger partial charge in [0.05, 0.1) is 5.92 Å². The summed E-state index contributed by atoms with van der Waals surface area (Å²) in [4.78, 5) is 13.6. The summed E-state index contributed by atoms with van der Waals surface area (Å²) in [5, 5.41) is 9.19. The normalized spacial score (nSPS) is 36.1. The zero-order chi connectivity index (χ0) is 11.7. The molecule has 1 saturated heterocycles. The summed E-state index contributed by atoms with van der Waals surface area (Å²) in [5.74, 6) is 0.811. The van der Waals surface area contributed by atoms with Crippen molar-refractivity contribution < 1.29 is 9.90 Å². The number of nitrogens with zero attached hydrogens (tertiary/aromatic N) is 1. The van der Waals surface area contributed by atoms with Crippen molar-refractivity contribution in [2.75, 3.05) is 13.1 Å². The second-order valence-electron chi connectivity index (χ2n) is 5.73. The summed E-state index contributed by atoms with van der Waals surface area (Å²) in [5.41, 5.74) is 0. The Morgan fingerprint density at radius 1 is 1.31 bits per heavy atom. The van der Waals surface area contributed by atoms with Crippen molar-refractivity contribution in [3.63, 3.8) is 0 Å². The van der Waals surface area contributed by atoms with Crippen LogP contribution in [0.15, 0.2) is 0 Å². The third kappa shape index (κ3) is 2.24. The van der Waals surface area contributed by atoms with E-state index in [4.69, 9.17) is 0 Å². The summed E-state index contributed by atoms with van der Waals surface area (Å²) in [6.45, 7) is 6.78. The van der Waals surface area contributed by atoms with Crippen LogP contribution in [0.5, 0.6) is 0 Å². The molecule has 1 N–H and O–H groups in total.